The molecule has 0 saturated heterocycles. The largest absolute Gasteiger partial charge is 0.496 e. The minimum atomic E-state index is -0.522. The van der Waals surface area contributed by atoms with Gasteiger partial charge >= 0.3 is 0 Å². The van der Waals surface area contributed by atoms with Gasteiger partial charge in [0.25, 0.3) is 5.91 Å². The number of methoxy groups -OCH3 is 1. The number of hydrogen-bond acceptors (Lipinski definition) is 3. The highest BCUT2D eigenvalue weighted by Gasteiger charge is 2.31. The Kier molecular flexibility index (Phi) is 5.18. The Morgan fingerprint density at radius 3 is 2.62 bits per heavy atom. The van der Waals surface area contributed by atoms with E-state index >= 15 is 0 Å². The van der Waals surface area contributed by atoms with E-state index in [1.807, 2.05) is 24.3 Å². The van der Waals surface area contributed by atoms with Gasteiger partial charge < -0.3 is 20.7 Å². The molecular formula is C19H18FN3O2S. The SMILES string of the molecule is COc1ccccc1[C@H]1NC(=S)NC(C)=C1C(=O)Nc1ccccc1F. The Balaban J connectivity index is 2.01. The molecule has 1 atom stereocenters. The van der Waals surface area contributed by atoms with Gasteiger partial charge in [-0.3, -0.25) is 4.79 Å². The van der Waals surface area contributed by atoms with Gasteiger partial charge in [-0.05, 0) is 37.3 Å². The number of hydrogen-bond donors (Lipinski definition) is 3. The summed E-state index contributed by atoms with van der Waals surface area (Å²) in [5, 5.41) is 9.08. The molecule has 3 rings (SSSR count). The number of thiocarbonyl (C=S) groups is 1. The van der Waals surface area contributed by atoms with Crippen molar-refractivity contribution < 1.29 is 13.9 Å². The zero-order valence-electron chi connectivity index (χ0n) is 14.3. The van der Waals surface area contributed by atoms with Crippen LogP contribution in [0.5, 0.6) is 5.75 Å². The van der Waals surface area contributed by atoms with Gasteiger partial charge in [0, 0.05) is 11.3 Å². The number of nitrogens with one attached hydrogen (secondary N) is 3. The van der Waals surface area contributed by atoms with Crippen LogP contribution in [0.25, 0.3) is 0 Å². The summed E-state index contributed by atoms with van der Waals surface area (Å²) in [6.45, 7) is 1.76. The summed E-state index contributed by atoms with van der Waals surface area (Å²) < 4.78 is 19.3. The zero-order valence-corrected chi connectivity index (χ0v) is 15.1. The first-order chi connectivity index (χ1) is 12.5. The fourth-order valence-corrected chi connectivity index (χ4v) is 3.16. The van der Waals surface area contributed by atoms with E-state index in [1.54, 1.807) is 26.2 Å². The van der Waals surface area contributed by atoms with Crippen LogP contribution in [0, 0.1) is 5.82 Å². The van der Waals surface area contributed by atoms with E-state index in [2.05, 4.69) is 16.0 Å². The molecule has 3 N–H and O–H groups in total. The maximum Gasteiger partial charge on any atom is 0.255 e. The van der Waals surface area contributed by atoms with E-state index in [4.69, 9.17) is 17.0 Å². The minimum absolute atomic E-state index is 0.115. The molecule has 2 aromatic rings. The van der Waals surface area contributed by atoms with Crippen LogP contribution < -0.4 is 20.7 Å². The molecule has 1 heterocycles. The van der Waals surface area contributed by atoms with Crippen molar-refractivity contribution in [1.29, 1.82) is 0 Å². The van der Waals surface area contributed by atoms with Crippen LogP contribution in [0.15, 0.2) is 59.8 Å². The number of halogens is 1. The van der Waals surface area contributed by atoms with Crippen molar-refractivity contribution in [3.8, 4) is 5.75 Å². The number of amides is 1. The maximum atomic E-state index is 13.9. The number of carbonyl (C=O) groups is 1. The van der Waals surface area contributed by atoms with E-state index < -0.39 is 17.8 Å². The minimum Gasteiger partial charge on any atom is -0.496 e. The van der Waals surface area contributed by atoms with E-state index in [-0.39, 0.29) is 5.69 Å². The van der Waals surface area contributed by atoms with Crippen molar-refractivity contribution in [1.82, 2.24) is 10.6 Å². The number of para-hydroxylation sites is 2. The molecule has 0 aromatic heterocycles. The molecule has 134 valence electrons. The summed E-state index contributed by atoms with van der Waals surface area (Å²) in [6.07, 6.45) is 0. The highest BCUT2D eigenvalue weighted by molar-refractivity contribution is 7.80. The quantitative estimate of drug-likeness (QED) is 0.720. The predicted molar refractivity (Wildman–Crippen MR) is 102 cm³/mol. The molecule has 0 radical (unpaired) electrons. The molecule has 5 nitrogen and oxygen atoms in total. The highest BCUT2D eigenvalue weighted by Crippen LogP contribution is 2.33. The van der Waals surface area contributed by atoms with E-state index in [0.29, 0.717) is 22.1 Å². The van der Waals surface area contributed by atoms with E-state index in [1.165, 1.54) is 12.1 Å². The Hall–Kier alpha value is -2.93. The third-order valence-electron chi connectivity index (χ3n) is 4.09. The van der Waals surface area contributed by atoms with Crippen molar-refractivity contribution in [2.45, 2.75) is 13.0 Å². The van der Waals surface area contributed by atoms with Gasteiger partial charge in [-0.1, -0.05) is 30.3 Å². The number of rotatable bonds is 4. The molecule has 26 heavy (non-hydrogen) atoms. The maximum absolute atomic E-state index is 13.9. The van der Waals surface area contributed by atoms with Gasteiger partial charge in [-0.25, -0.2) is 4.39 Å². The summed E-state index contributed by atoms with van der Waals surface area (Å²) in [5.74, 6) is -0.301. The lowest BCUT2D eigenvalue weighted by atomic mass is 9.94. The Morgan fingerprint density at radius 2 is 1.88 bits per heavy atom. The first-order valence-corrected chi connectivity index (χ1v) is 8.39. The van der Waals surface area contributed by atoms with Gasteiger partial charge in [0.05, 0.1) is 24.4 Å². The van der Waals surface area contributed by atoms with Crippen LogP contribution in [-0.4, -0.2) is 18.1 Å². The zero-order chi connectivity index (χ0) is 18.7. The summed E-state index contributed by atoms with van der Waals surface area (Å²) in [4.78, 5) is 12.9. The lowest BCUT2D eigenvalue weighted by molar-refractivity contribution is -0.113. The number of carbonyl (C=O) groups excluding carboxylic acids is 1. The Morgan fingerprint density at radius 1 is 1.19 bits per heavy atom. The number of allylic oxidation sites excluding steroid dienone is 1. The van der Waals surface area contributed by atoms with Gasteiger partial charge in [0.15, 0.2) is 5.11 Å². The van der Waals surface area contributed by atoms with Gasteiger partial charge in [-0.2, -0.15) is 0 Å². The van der Waals surface area contributed by atoms with Crippen molar-refractivity contribution in [3.63, 3.8) is 0 Å². The summed E-state index contributed by atoms with van der Waals surface area (Å²) in [5.41, 5.74) is 1.88. The molecule has 1 aliphatic heterocycles. The first kappa shape index (κ1) is 17.9. The fraction of sp³-hybridized carbons (Fsp3) is 0.158. The molecule has 0 fully saturated rings. The number of ether oxygens (including phenoxy) is 1. The molecule has 0 bridgehead atoms. The van der Waals surface area contributed by atoms with Crippen LogP contribution in [-0.2, 0) is 4.79 Å². The normalized spacial score (nSPS) is 16.6. The van der Waals surface area contributed by atoms with Crippen molar-refractivity contribution in [2.75, 3.05) is 12.4 Å². The highest BCUT2D eigenvalue weighted by atomic mass is 32.1. The van der Waals surface area contributed by atoms with E-state index in [9.17, 15) is 9.18 Å². The van der Waals surface area contributed by atoms with E-state index in [0.717, 1.165) is 5.56 Å². The second-order valence-electron chi connectivity index (χ2n) is 5.75. The van der Waals surface area contributed by atoms with Crippen molar-refractivity contribution >= 4 is 28.9 Å². The first-order valence-electron chi connectivity index (χ1n) is 7.98. The van der Waals surface area contributed by atoms with Crippen LogP contribution in [0.4, 0.5) is 10.1 Å². The lowest BCUT2D eigenvalue weighted by Crippen LogP contribution is -2.45. The number of benzene rings is 2. The molecule has 1 amide bonds. The molecular weight excluding hydrogens is 353 g/mol. The summed E-state index contributed by atoms with van der Waals surface area (Å²) in [7, 11) is 1.56. The van der Waals surface area contributed by atoms with Crippen LogP contribution >= 0.6 is 12.2 Å². The van der Waals surface area contributed by atoms with Crippen LogP contribution in [0.1, 0.15) is 18.5 Å². The van der Waals surface area contributed by atoms with Crippen LogP contribution in [0.3, 0.4) is 0 Å². The van der Waals surface area contributed by atoms with Gasteiger partial charge in [0.1, 0.15) is 11.6 Å². The second kappa shape index (κ2) is 7.53. The monoisotopic (exact) mass is 371 g/mol. The molecule has 0 aliphatic carbocycles. The predicted octanol–water partition coefficient (Wildman–Crippen LogP) is 3.27. The smallest absolute Gasteiger partial charge is 0.255 e. The molecule has 7 heteroatoms. The molecule has 0 saturated carbocycles. The summed E-state index contributed by atoms with van der Waals surface area (Å²) >= 11 is 5.24. The number of anilines is 1. The lowest BCUT2D eigenvalue weighted by Gasteiger charge is -2.31. The van der Waals surface area contributed by atoms with Crippen LogP contribution in [0.2, 0.25) is 0 Å². The summed E-state index contributed by atoms with van der Waals surface area (Å²) in [6, 6.07) is 12.9. The standard InChI is InChI=1S/C19H18FN3O2S/c1-11-16(18(24)22-14-9-5-4-8-13(14)20)17(23-19(26)21-11)12-7-3-6-10-15(12)25-2/h3-10,17H,1-2H3,(H,22,24)(H2,21,23,26)/t17-/m1/s1. The topological polar surface area (TPSA) is 62.4 Å². The average molecular weight is 371 g/mol. The van der Waals surface area contributed by atoms with Crippen molar-refractivity contribution in [3.05, 3.63) is 71.2 Å². The van der Waals surface area contributed by atoms with Crippen molar-refractivity contribution in [2.24, 2.45) is 0 Å². The second-order valence-corrected chi connectivity index (χ2v) is 6.15. The Labute approximate surface area is 156 Å². The average Bonchev–Trinajstić information content (AvgIpc) is 2.62. The molecule has 0 unspecified atom stereocenters. The third-order valence-corrected chi connectivity index (χ3v) is 4.31. The molecule has 0 spiro atoms. The molecule has 1 aliphatic rings. The fourth-order valence-electron chi connectivity index (χ4n) is 2.89. The van der Waals surface area contributed by atoms with Gasteiger partial charge in [-0.15, -0.1) is 0 Å². The molecule has 2 aromatic carbocycles. The van der Waals surface area contributed by atoms with Gasteiger partial charge in [0.2, 0.25) is 0 Å². The Bertz CT molecular complexity index is 898. The third kappa shape index (κ3) is 3.52.